The maximum atomic E-state index is 9.54. The standard InChI is InChI=1S/C22H28N8S/c1-4-25-22(27-14-20-15(2)28-16(3)31-20)26-12-8-11-19-18(13-23)21(24)30(29-19)17-9-6-5-7-10-17/h5-7,9-10H,4,8,11-12,14,24H2,1-3H3,(H2,25,26,27). The minimum Gasteiger partial charge on any atom is -0.382 e. The van der Waals surface area contributed by atoms with Gasteiger partial charge in [-0.3, -0.25) is 0 Å². The number of para-hydroxylation sites is 1. The largest absolute Gasteiger partial charge is 0.382 e. The van der Waals surface area contributed by atoms with Crippen molar-refractivity contribution in [3.05, 3.63) is 57.2 Å². The first-order chi connectivity index (χ1) is 15.0. The summed E-state index contributed by atoms with van der Waals surface area (Å²) in [5.74, 6) is 1.14. The number of nitrogens with two attached hydrogens (primary N) is 1. The average Bonchev–Trinajstić information content (AvgIpc) is 3.27. The first-order valence-corrected chi connectivity index (χ1v) is 11.1. The van der Waals surface area contributed by atoms with Gasteiger partial charge in [0.05, 0.1) is 28.6 Å². The molecule has 1 aromatic carbocycles. The molecule has 3 aromatic rings. The van der Waals surface area contributed by atoms with Crippen LogP contribution in [-0.4, -0.2) is 33.8 Å². The molecule has 0 saturated carbocycles. The molecule has 0 spiro atoms. The third kappa shape index (κ3) is 5.61. The topological polar surface area (TPSA) is 117 Å². The highest BCUT2D eigenvalue weighted by molar-refractivity contribution is 7.11. The third-order valence-corrected chi connectivity index (χ3v) is 5.77. The summed E-state index contributed by atoms with van der Waals surface area (Å²) in [5.41, 5.74) is 9.22. The van der Waals surface area contributed by atoms with E-state index >= 15 is 0 Å². The van der Waals surface area contributed by atoms with Crippen molar-refractivity contribution >= 4 is 23.1 Å². The molecule has 0 radical (unpaired) electrons. The van der Waals surface area contributed by atoms with Crippen LogP contribution in [0.5, 0.6) is 0 Å². The average molecular weight is 437 g/mol. The van der Waals surface area contributed by atoms with Gasteiger partial charge in [-0.15, -0.1) is 11.3 Å². The van der Waals surface area contributed by atoms with Crippen molar-refractivity contribution in [1.29, 1.82) is 5.26 Å². The van der Waals surface area contributed by atoms with Crippen LogP contribution in [0, 0.1) is 25.2 Å². The molecule has 0 amide bonds. The van der Waals surface area contributed by atoms with E-state index in [1.54, 1.807) is 16.0 Å². The number of benzene rings is 1. The van der Waals surface area contributed by atoms with E-state index in [1.807, 2.05) is 51.1 Å². The molecule has 3 rings (SSSR count). The Morgan fingerprint density at radius 1 is 1.26 bits per heavy atom. The van der Waals surface area contributed by atoms with E-state index in [9.17, 15) is 5.26 Å². The van der Waals surface area contributed by atoms with Crippen molar-refractivity contribution in [2.24, 2.45) is 4.99 Å². The molecule has 0 unspecified atom stereocenters. The quantitative estimate of drug-likeness (QED) is 0.284. The third-order valence-electron chi connectivity index (χ3n) is 4.71. The van der Waals surface area contributed by atoms with Crippen LogP contribution in [0.4, 0.5) is 5.82 Å². The molecule has 0 atom stereocenters. The van der Waals surface area contributed by atoms with Gasteiger partial charge < -0.3 is 16.4 Å². The molecule has 0 aliphatic heterocycles. The summed E-state index contributed by atoms with van der Waals surface area (Å²) in [6.07, 6.45) is 1.44. The number of aryl methyl sites for hydroxylation is 3. The van der Waals surface area contributed by atoms with Crippen molar-refractivity contribution < 1.29 is 0 Å². The zero-order chi connectivity index (χ0) is 22.2. The summed E-state index contributed by atoms with van der Waals surface area (Å²) in [7, 11) is 0. The highest BCUT2D eigenvalue weighted by Gasteiger charge is 2.16. The van der Waals surface area contributed by atoms with Gasteiger partial charge in [0, 0.05) is 18.0 Å². The molecule has 162 valence electrons. The lowest BCUT2D eigenvalue weighted by Crippen LogP contribution is -2.37. The second-order valence-electron chi connectivity index (χ2n) is 7.03. The molecule has 0 aliphatic rings. The summed E-state index contributed by atoms with van der Waals surface area (Å²) in [5, 5.41) is 21.8. The number of guanidine groups is 1. The summed E-state index contributed by atoms with van der Waals surface area (Å²) in [6.45, 7) is 8.15. The number of nitrogen functional groups attached to an aromatic ring is 1. The lowest BCUT2D eigenvalue weighted by molar-refractivity contribution is 0.723. The minimum absolute atomic E-state index is 0.377. The van der Waals surface area contributed by atoms with Gasteiger partial charge in [-0.05, 0) is 45.7 Å². The van der Waals surface area contributed by atoms with Gasteiger partial charge in [0.25, 0.3) is 0 Å². The predicted molar refractivity (Wildman–Crippen MR) is 125 cm³/mol. The van der Waals surface area contributed by atoms with E-state index in [-0.39, 0.29) is 0 Å². The molecule has 31 heavy (non-hydrogen) atoms. The maximum absolute atomic E-state index is 9.54. The molecule has 4 N–H and O–H groups in total. The fraction of sp³-hybridized carbons (Fsp3) is 0.364. The predicted octanol–water partition coefficient (Wildman–Crippen LogP) is 3.09. The molecular weight excluding hydrogens is 408 g/mol. The minimum atomic E-state index is 0.377. The number of aromatic nitrogens is 3. The zero-order valence-electron chi connectivity index (χ0n) is 18.1. The SMILES string of the molecule is CCNC(=NCc1sc(C)nc1C)NCCCc1nn(-c2ccccc2)c(N)c1C#N. The van der Waals surface area contributed by atoms with Crippen LogP contribution in [0.1, 0.15) is 40.2 Å². The van der Waals surface area contributed by atoms with Crippen LogP contribution in [0.25, 0.3) is 5.69 Å². The fourth-order valence-corrected chi connectivity index (χ4v) is 4.08. The van der Waals surface area contributed by atoms with Crippen LogP contribution < -0.4 is 16.4 Å². The van der Waals surface area contributed by atoms with E-state index in [4.69, 9.17) is 5.73 Å². The number of anilines is 1. The Bertz CT molecular complexity index is 1080. The van der Waals surface area contributed by atoms with Crippen LogP contribution in [0.15, 0.2) is 35.3 Å². The molecule has 0 saturated heterocycles. The van der Waals surface area contributed by atoms with Crippen LogP contribution in [-0.2, 0) is 13.0 Å². The number of rotatable bonds is 8. The Morgan fingerprint density at radius 3 is 2.68 bits per heavy atom. The number of hydrogen-bond acceptors (Lipinski definition) is 6. The second-order valence-corrected chi connectivity index (χ2v) is 8.32. The molecule has 8 nitrogen and oxygen atoms in total. The Morgan fingerprint density at radius 2 is 2.03 bits per heavy atom. The Hall–Kier alpha value is -3.38. The summed E-state index contributed by atoms with van der Waals surface area (Å²) >= 11 is 1.68. The van der Waals surface area contributed by atoms with Crippen LogP contribution >= 0.6 is 11.3 Å². The van der Waals surface area contributed by atoms with Gasteiger partial charge in [-0.25, -0.2) is 14.7 Å². The second kappa shape index (κ2) is 10.6. The maximum Gasteiger partial charge on any atom is 0.191 e. The summed E-state index contributed by atoms with van der Waals surface area (Å²) in [6, 6.07) is 11.8. The van der Waals surface area contributed by atoms with Crippen molar-refractivity contribution in [1.82, 2.24) is 25.4 Å². The molecular formula is C22H28N8S. The number of hydrogen-bond donors (Lipinski definition) is 3. The first-order valence-electron chi connectivity index (χ1n) is 10.3. The van der Waals surface area contributed by atoms with Crippen molar-refractivity contribution in [3.8, 4) is 11.8 Å². The van der Waals surface area contributed by atoms with Gasteiger partial charge in [-0.1, -0.05) is 18.2 Å². The van der Waals surface area contributed by atoms with E-state index in [0.29, 0.717) is 36.6 Å². The summed E-state index contributed by atoms with van der Waals surface area (Å²) in [4.78, 5) is 10.3. The smallest absolute Gasteiger partial charge is 0.191 e. The number of aliphatic imine (C=N–C) groups is 1. The molecule has 0 aliphatic carbocycles. The van der Waals surface area contributed by atoms with Gasteiger partial charge >= 0.3 is 0 Å². The number of nitrogens with one attached hydrogen (secondary N) is 2. The van der Waals surface area contributed by atoms with Gasteiger partial charge in [0.15, 0.2) is 5.96 Å². The normalized spacial score (nSPS) is 11.4. The fourth-order valence-electron chi connectivity index (χ4n) is 3.22. The number of nitrogens with zero attached hydrogens (tertiary/aromatic N) is 5. The van der Waals surface area contributed by atoms with Crippen molar-refractivity contribution in [3.63, 3.8) is 0 Å². The van der Waals surface area contributed by atoms with Gasteiger partial charge in [-0.2, -0.15) is 10.4 Å². The number of thiazole rings is 1. The lowest BCUT2D eigenvalue weighted by Gasteiger charge is -2.10. The monoisotopic (exact) mass is 436 g/mol. The Balaban J connectivity index is 1.60. The Kier molecular flexibility index (Phi) is 7.62. The van der Waals surface area contributed by atoms with Crippen LogP contribution in [0.2, 0.25) is 0 Å². The van der Waals surface area contributed by atoms with Gasteiger partial charge in [0.2, 0.25) is 0 Å². The van der Waals surface area contributed by atoms with E-state index in [2.05, 4.69) is 31.8 Å². The van der Waals surface area contributed by atoms with Gasteiger partial charge in [0.1, 0.15) is 17.5 Å². The molecule has 0 bridgehead atoms. The van der Waals surface area contributed by atoms with Crippen LogP contribution in [0.3, 0.4) is 0 Å². The molecule has 9 heteroatoms. The Labute approximate surface area is 186 Å². The lowest BCUT2D eigenvalue weighted by atomic mass is 10.1. The zero-order valence-corrected chi connectivity index (χ0v) is 19.0. The first kappa shape index (κ1) is 22.3. The van der Waals surface area contributed by atoms with Crippen molar-refractivity contribution in [2.45, 2.75) is 40.2 Å². The van der Waals surface area contributed by atoms with Crippen molar-refractivity contribution in [2.75, 3.05) is 18.8 Å². The highest BCUT2D eigenvalue weighted by atomic mass is 32.1. The summed E-state index contributed by atoms with van der Waals surface area (Å²) < 4.78 is 1.63. The molecule has 0 fully saturated rings. The van der Waals surface area contributed by atoms with E-state index in [1.165, 1.54) is 4.88 Å². The highest BCUT2D eigenvalue weighted by Crippen LogP contribution is 2.21. The van der Waals surface area contributed by atoms with E-state index in [0.717, 1.165) is 35.3 Å². The van der Waals surface area contributed by atoms with E-state index < -0.39 is 0 Å². The molecule has 2 aromatic heterocycles. The number of nitriles is 1. The molecule has 2 heterocycles.